The highest BCUT2D eigenvalue weighted by molar-refractivity contribution is 8.00. The Hall–Kier alpha value is -2.18. The Morgan fingerprint density at radius 3 is 2.57 bits per heavy atom. The second-order valence-corrected chi connectivity index (χ2v) is 8.42. The highest BCUT2D eigenvalue weighted by atomic mass is 35.5. The van der Waals surface area contributed by atoms with Crippen LogP contribution in [-0.4, -0.2) is 41.7 Å². The van der Waals surface area contributed by atoms with E-state index in [2.05, 4.69) is 0 Å². The van der Waals surface area contributed by atoms with E-state index in [0.717, 1.165) is 29.9 Å². The van der Waals surface area contributed by atoms with Crippen molar-refractivity contribution in [3.63, 3.8) is 0 Å². The van der Waals surface area contributed by atoms with Gasteiger partial charge in [-0.2, -0.15) is 0 Å². The summed E-state index contributed by atoms with van der Waals surface area (Å²) in [6.45, 7) is 1.51. The molecule has 0 N–H and O–H groups in total. The molecule has 0 bridgehead atoms. The van der Waals surface area contributed by atoms with Gasteiger partial charge in [-0.3, -0.25) is 14.5 Å². The average Bonchev–Trinajstić information content (AvgIpc) is 2.90. The lowest BCUT2D eigenvalue weighted by Gasteiger charge is -2.23. The van der Waals surface area contributed by atoms with Crippen molar-refractivity contribution in [2.45, 2.75) is 29.4 Å². The van der Waals surface area contributed by atoms with Gasteiger partial charge in [-0.05, 0) is 55.3 Å². The number of hydrogen-bond acceptors (Lipinski definition) is 5. The van der Waals surface area contributed by atoms with E-state index in [9.17, 15) is 9.59 Å². The molecule has 1 atom stereocenters. The molecule has 0 radical (unpaired) electrons. The Bertz CT molecular complexity index is 886. The van der Waals surface area contributed by atoms with E-state index in [0.29, 0.717) is 36.1 Å². The smallest absolute Gasteiger partial charge is 0.260 e. The minimum atomic E-state index is -0.304. The van der Waals surface area contributed by atoms with E-state index in [1.165, 1.54) is 16.7 Å². The third kappa shape index (κ3) is 4.13. The van der Waals surface area contributed by atoms with Crippen molar-refractivity contribution in [2.75, 3.05) is 19.8 Å². The Labute approximate surface area is 172 Å². The van der Waals surface area contributed by atoms with Gasteiger partial charge in [0.1, 0.15) is 13.2 Å². The normalized spacial score (nSPS) is 19.2. The molecule has 7 heteroatoms. The summed E-state index contributed by atoms with van der Waals surface area (Å²) in [5, 5.41) is 0.257. The zero-order valence-electron chi connectivity index (χ0n) is 15.2. The number of halogens is 1. The predicted molar refractivity (Wildman–Crippen MR) is 108 cm³/mol. The standard InChI is InChI=1S/C21H20ClNO4S/c22-15-6-4-14(5-7-15)20(24)23-10-2-1-3-19(21(23)25)28-16-8-9-17-18(13-16)27-12-11-26-17/h4-9,13,19H,1-3,10-12H2. The van der Waals surface area contributed by atoms with Crippen LogP contribution in [0, 0.1) is 0 Å². The van der Waals surface area contributed by atoms with Gasteiger partial charge in [0.15, 0.2) is 11.5 Å². The summed E-state index contributed by atoms with van der Waals surface area (Å²) in [6, 6.07) is 12.4. The van der Waals surface area contributed by atoms with Crippen LogP contribution in [0.4, 0.5) is 0 Å². The Morgan fingerprint density at radius 2 is 1.79 bits per heavy atom. The van der Waals surface area contributed by atoms with Crippen LogP contribution in [0.2, 0.25) is 5.02 Å². The molecule has 0 saturated carbocycles. The molecule has 28 heavy (non-hydrogen) atoms. The minimum absolute atomic E-state index is 0.141. The van der Waals surface area contributed by atoms with Crippen LogP contribution in [0.15, 0.2) is 47.4 Å². The third-order valence-corrected chi connectivity index (χ3v) is 6.27. The molecule has 1 fully saturated rings. The number of carbonyl (C=O) groups is 2. The maximum absolute atomic E-state index is 13.1. The van der Waals surface area contributed by atoms with Crippen LogP contribution in [0.5, 0.6) is 11.5 Å². The van der Waals surface area contributed by atoms with Crippen molar-refractivity contribution in [1.29, 1.82) is 0 Å². The van der Waals surface area contributed by atoms with E-state index in [1.54, 1.807) is 24.3 Å². The van der Waals surface area contributed by atoms with Crippen LogP contribution in [0.3, 0.4) is 0 Å². The minimum Gasteiger partial charge on any atom is -0.486 e. The van der Waals surface area contributed by atoms with Gasteiger partial charge in [-0.15, -0.1) is 11.8 Å². The molecule has 0 aliphatic carbocycles. The topological polar surface area (TPSA) is 55.8 Å². The quantitative estimate of drug-likeness (QED) is 0.692. The number of likely N-dealkylation sites (tertiary alicyclic amines) is 1. The molecule has 2 aliphatic heterocycles. The first-order valence-electron chi connectivity index (χ1n) is 9.29. The van der Waals surface area contributed by atoms with Gasteiger partial charge in [0, 0.05) is 22.0 Å². The number of nitrogens with zero attached hydrogens (tertiary/aromatic N) is 1. The Balaban J connectivity index is 1.52. The second kappa shape index (κ2) is 8.45. The van der Waals surface area contributed by atoms with E-state index in [1.807, 2.05) is 18.2 Å². The molecule has 2 heterocycles. The number of carbonyl (C=O) groups excluding carboxylic acids is 2. The molecule has 2 aliphatic rings. The summed E-state index contributed by atoms with van der Waals surface area (Å²) in [6.07, 6.45) is 2.45. The number of thioether (sulfide) groups is 1. The van der Waals surface area contributed by atoms with Crippen molar-refractivity contribution in [2.24, 2.45) is 0 Å². The molecule has 2 amide bonds. The largest absolute Gasteiger partial charge is 0.486 e. The summed E-state index contributed by atoms with van der Waals surface area (Å²) >= 11 is 7.38. The molecule has 0 aromatic heterocycles. The Morgan fingerprint density at radius 1 is 1.04 bits per heavy atom. The summed E-state index contributed by atoms with van der Waals surface area (Å²) in [5.74, 6) is 1.02. The molecule has 0 spiro atoms. The molecular weight excluding hydrogens is 398 g/mol. The fourth-order valence-corrected chi connectivity index (χ4v) is 4.62. The van der Waals surface area contributed by atoms with Crippen LogP contribution in [0.1, 0.15) is 29.6 Å². The lowest BCUT2D eigenvalue weighted by Crippen LogP contribution is -2.41. The van der Waals surface area contributed by atoms with Crippen LogP contribution in [0.25, 0.3) is 0 Å². The lowest BCUT2D eigenvalue weighted by molar-refractivity contribution is -0.127. The van der Waals surface area contributed by atoms with Crippen molar-refractivity contribution in [3.05, 3.63) is 53.1 Å². The first-order chi connectivity index (χ1) is 13.6. The van der Waals surface area contributed by atoms with Gasteiger partial charge in [-0.1, -0.05) is 18.0 Å². The molecule has 5 nitrogen and oxygen atoms in total. The first-order valence-corrected chi connectivity index (χ1v) is 10.6. The highest BCUT2D eigenvalue weighted by Crippen LogP contribution is 2.37. The van der Waals surface area contributed by atoms with Crippen molar-refractivity contribution >= 4 is 35.2 Å². The van der Waals surface area contributed by atoms with Crippen molar-refractivity contribution < 1.29 is 19.1 Å². The van der Waals surface area contributed by atoms with E-state index in [4.69, 9.17) is 21.1 Å². The average molecular weight is 418 g/mol. The molecular formula is C21H20ClNO4S. The second-order valence-electron chi connectivity index (χ2n) is 6.71. The van der Waals surface area contributed by atoms with Crippen LogP contribution >= 0.6 is 23.4 Å². The maximum atomic E-state index is 13.1. The van der Waals surface area contributed by atoms with Gasteiger partial charge >= 0.3 is 0 Å². The zero-order valence-corrected chi connectivity index (χ0v) is 16.8. The summed E-state index contributed by atoms with van der Waals surface area (Å²) in [5.41, 5.74) is 0.475. The Kier molecular flexibility index (Phi) is 5.78. The number of ether oxygens (including phenoxy) is 2. The third-order valence-electron chi connectivity index (χ3n) is 4.77. The van der Waals surface area contributed by atoms with E-state index in [-0.39, 0.29) is 17.1 Å². The van der Waals surface area contributed by atoms with Crippen LogP contribution in [-0.2, 0) is 4.79 Å². The van der Waals surface area contributed by atoms with Gasteiger partial charge < -0.3 is 9.47 Å². The number of hydrogen-bond donors (Lipinski definition) is 0. The van der Waals surface area contributed by atoms with Gasteiger partial charge in [0.2, 0.25) is 5.91 Å². The fourth-order valence-electron chi connectivity index (χ4n) is 3.33. The molecule has 1 unspecified atom stereocenters. The van der Waals surface area contributed by atoms with Gasteiger partial charge in [-0.25, -0.2) is 0 Å². The lowest BCUT2D eigenvalue weighted by atomic mass is 10.2. The zero-order chi connectivity index (χ0) is 19.5. The fraction of sp³-hybridized carbons (Fsp3) is 0.333. The number of rotatable bonds is 3. The number of imide groups is 1. The monoisotopic (exact) mass is 417 g/mol. The van der Waals surface area contributed by atoms with Crippen molar-refractivity contribution in [1.82, 2.24) is 4.90 Å². The molecule has 4 rings (SSSR count). The SMILES string of the molecule is O=C(c1ccc(Cl)cc1)N1CCCCC(Sc2ccc3c(c2)OCCO3)C1=O. The van der Waals surface area contributed by atoms with Gasteiger partial charge in [0.25, 0.3) is 5.91 Å². The van der Waals surface area contributed by atoms with E-state index >= 15 is 0 Å². The van der Waals surface area contributed by atoms with Crippen molar-refractivity contribution in [3.8, 4) is 11.5 Å². The van der Waals surface area contributed by atoms with Gasteiger partial charge in [0.05, 0.1) is 5.25 Å². The van der Waals surface area contributed by atoms with E-state index < -0.39 is 0 Å². The molecule has 2 aromatic carbocycles. The highest BCUT2D eigenvalue weighted by Gasteiger charge is 2.32. The summed E-state index contributed by atoms with van der Waals surface area (Å²) < 4.78 is 11.2. The summed E-state index contributed by atoms with van der Waals surface area (Å²) in [4.78, 5) is 28.3. The summed E-state index contributed by atoms with van der Waals surface area (Å²) in [7, 11) is 0. The number of fused-ring (bicyclic) bond motifs is 1. The number of amides is 2. The molecule has 146 valence electrons. The molecule has 2 aromatic rings. The first kappa shape index (κ1) is 19.2. The number of benzene rings is 2. The molecule has 1 saturated heterocycles. The maximum Gasteiger partial charge on any atom is 0.260 e. The van der Waals surface area contributed by atoms with Crippen LogP contribution < -0.4 is 9.47 Å². The predicted octanol–water partition coefficient (Wildman–Crippen LogP) is 4.42.